The number of aryl methyl sites for hydroxylation is 2. The lowest BCUT2D eigenvalue weighted by atomic mass is 9.91. The third kappa shape index (κ3) is 6.93. The van der Waals surface area contributed by atoms with Crippen molar-refractivity contribution < 1.29 is 10.3 Å². The number of ketones is 1. The minimum atomic E-state index is 0. The summed E-state index contributed by atoms with van der Waals surface area (Å²) in [4.78, 5) is 12.3. The average Bonchev–Trinajstić information content (AvgIpc) is 2.62. The first-order valence-corrected chi connectivity index (χ1v) is 9.98. The zero-order valence-electron chi connectivity index (χ0n) is 16.2. The van der Waals surface area contributed by atoms with Crippen LogP contribution in [0.3, 0.4) is 0 Å². The Morgan fingerprint density at radius 3 is 2.30 bits per heavy atom. The number of carbonyl (C=O) groups excluding carboxylic acids is 1. The molecule has 2 aromatic rings. The molecule has 0 aliphatic heterocycles. The zero-order valence-corrected chi connectivity index (χ0v) is 17.8. The topological polar surface area (TPSA) is 60.6 Å². The number of Topliss-reactive ketones (excluding diaryl/α,β-unsaturated/α-hetero) is 1. The fraction of sp³-hybridized carbons (Fsp3) is 0.409. The minimum absolute atomic E-state index is 0. The summed E-state index contributed by atoms with van der Waals surface area (Å²) in [5.41, 5.74) is 4.98. The third-order valence-electron chi connectivity index (χ3n) is 4.75. The molecule has 2 aromatic carbocycles. The van der Waals surface area contributed by atoms with Gasteiger partial charge in [-0.3, -0.25) is 4.79 Å². The van der Waals surface area contributed by atoms with E-state index in [0.29, 0.717) is 29.6 Å². The predicted octanol–water partition coefficient (Wildman–Crippen LogP) is 5.15. The van der Waals surface area contributed by atoms with Crippen LogP contribution in [-0.4, -0.2) is 17.8 Å². The molecule has 0 aliphatic carbocycles. The highest BCUT2D eigenvalue weighted by molar-refractivity contribution is 6.35. The Balaban J connectivity index is 0.00000364. The maximum atomic E-state index is 12.3. The molecule has 0 amide bonds. The SMILES string of the molecule is CCc1ccc([C@@H](C)CC(=O)CNCc2ccc(Cl)cc2Cl)cc1CC.O. The maximum Gasteiger partial charge on any atom is 0.147 e. The van der Waals surface area contributed by atoms with E-state index >= 15 is 0 Å². The van der Waals surface area contributed by atoms with E-state index < -0.39 is 0 Å². The van der Waals surface area contributed by atoms with Crippen LogP contribution >= 0.6 is 23.2 Å². The number of hydrogen-bond donors (Lipinski definition) is 1. The van der Waals surface area contributed by atoms with E-state index in [1.54, 1.807) is 12.1 Å². The van der Waals surface area contributed by atoms with Crippen LogP contribution in [0.15, 0.2) is 36.4 Å². The van der Waals surface area contributed by atoms with Crippen molar-refractivity contribution in [1.29, 1.82) is 0 Å². The number of nitrogens with one attached hydrogen (secondary N) is 1. The summed E-state index contributed by atoms with van der Waals surface area (Å²) in [6, 6.07) is 12.0. The van der Waals surface area contributed by atoms with Gasteiger partial charge in [0.25, 0.3) is 0 Å². The molecule has 0 fully saturated rings. The van der Waals surface area contributed by atoms with Gasteiger partial charge in [-0.25, -0.2) is 0 Å². The molecular formula is C22H29Cl2NO2. The number of hydrogen-bond acceptors (Lipinski definition) is 2. The van der Waals surface area contributed by atoms with E-state index in [9.17, 15) is 4.79 Å². The number of rotatable bonds is 9. The van der Waals surface area contributed by atoms with Crippen molar-refractivity contribution in [3.63, 3.8) is 0 Å². The number of halogens is 2. The van der Waals surface area contributed by atoms with E-state index in [1.807, 2.05) is 6.07 Å². The lowest BCUT2D eigenvalue weighted by Gasteiger charge is -2.15. The summed E-state index contributed by atoms with van der Waals surface area (Å²) in [7, 11) is 0. The van der Waals surface area contributed by atoms with Gasteiger partial charge < -0.3 is 10.8 Å². The Bertz CT molecular complexity index is 762. The van der Waals surface area contributed by atoms with E-state index in [4.69, 9.17) is 23.2 Å². The number of carbonyl (C=O) groups is 1. The molecule has 0 heterocycles. The van der Waals surface area contributed by atoms with Crippen LogP contribution in [0.25, 0.3) is 0 Å². The molecule has 0 unspecified atom stereocenters. The van der Waals surface area contributed by atoms with Crippen molar-refractivity contribution >= 4 is 29.0 Å². The first kappa shape index (κ1) is 23.6. The minimum Gasteiger partial charge on any atom is -0.412 e. The first-order chi connectivity index (χ1) is 12.4. The molecule has 3 nitrogen and oxygen atoms in total. The predicted molar refractivity (Wildman–Crippen MR) is 115 cm³/mol. The second-order valence-electron chi connectivity index (χ2n) is 6.72. The fourth-order valence-electron chi connectivity index (χ4n) is 3.16. The second-order valence-corrected chi connectivity index (χ2v) is 7.56. The van der Waals surface area contributed by atoms with Crippen LogP contribution in [0.4, 0.5) is 0 Å². The summed E-state index contributed by atoms with van der Waals surface area (Å²) >= 11 is 12.1. The Morgan fingerprint density at radius 2 is 1.67 bits per heavy atom. The van der Waals surface area contributed by atoms with E-state index in [-0.39, 0.29) is 17.2 Å². The lowest BCUT2D eigenvalue weighted by Crippen LogP contribution is -2.23. The van der Waals surface area contributed by atoms with Gasteiger partial charge >= 0.3 is 0 Å². The van der Waals surface area contributed by atoms with Gasteiger partial charge in [-0.2, -0.15) is 0 Å². The summed E-state index contributed by atoms with van der Waals surface area (Å²) in [5.74, 6) is 0.430. The Hall–Kier alpha value is -1.39. The summed E-state index contributed by atoms with van der Waals surface area (Å²) < 4.78 is 0. The molecular weight excluding hydrogens is 381 g/mol. The highest BCUT2D eigenvalue weighted by Gasteiger charge is 2.13. The Morgan fingerprint density at radius 1 is 1.00 bits per heavy atom. The highest BCUT2D eigenvalue weighted by atomic mass is 35.5. The van der Waals surface area contributed by atoms with Crippen LogP contribution in [0.5, 0.6) is 0 Å². The molecule has 27 heavy (non-hydrogen) atoms. The van der Waals surface area contributed by atoms with Gasteiger partial charge in [-0.05, 0) is 53.1 Å². The summed E-state index contributed by atoms with van der Waals surface area (Å²) in [5, 5.41) is 4.42. The van der Waals surface area contributed by atoms with Crippen LogP contribution < -0.4 is 5.32 Å². The molecule has 0 aromatic heterocycles. The van der Waals surface area contributed by atoms with E-state index in [1.165, 1.54) is 16.7 Å². The van der Waals surface area contributed by atoms with E-state index in [2.05, 4.69) is 44.3 Å². The molecule has 1 atom stereocenters. The number of benzene rings is 2. The van der Waals surface area contributed by atoms with Crippen molar-refractivity contribution in [2.24, 2.45) is 0 Å². The highest BCUT2D eigenvalue weighted by Crippen LogP contribution is 2.23. The Labute approximate surface area is 172 Å². The van der Waals surface area contributed by atoms with Crippen LogP contribution in [0.1, 0.15) is 55.4 Å². The molecule has 0 spiro atoms. The molecule has 2 rings (SSSR count). The average molecular weight is 410 g/mol. The normalized spacial score (nSPS) is 11.7. The molecule has 3 N–H and O–H groups in total. The van der Waals surface area contributed by atoms with Crippen molar-refractivity contribution in [3.05, 3.63) is 68.7 Å². The summed E-state index contributed by atoms with van der Waals surface area (Å²) in [6.07, 6.45) is 2.62. The largest absolute Gasteiger partial charge is 0.412 e. The molecule has 0 radical (unpaired) electrons. The van der Waals surface area contributed by atoms with Crippen LogP contribution in [-0.2, 0) is 24.2 Å². The van der Waals surface area contributed by atoms with Gasteiger partial charge in [0.15, 0.2) is 0 Å². The molecule has 148 valence electrons. The smallest absolute Gasteiger partial charge is 0.147 e. The Kier molecular flexibility index (Phi) is 10.0. The van der Waals surface area contributed by atoms with Gasteiger partial charge in [0.2, 0.25) is 0 Å². The zero-order chi connectivity index (χ0) is 19.1. The molecule has 0 bridgehead atoms. The maximum absolute atomic E-state index is 12.3. The van der Waals surface area contributed by atoms with Gasteiger partial charge in [0.1, 0.15) is 5.78 Å². The van der Waals surface area contributed by atoms with Gasteiger partial charge in [-0.15, -0.1) is 0 Å². The van der Waals surface area contributed by atoms with E-state index in [0.717, 1.165) is 18.4 Å². The molecule has 0 aliphatic rings. The third-order valence-corrected chi connectivity index (χ3v) is 5.33. The van der Waals surface area contributed by atoms with Crippen molar-refractivity contribution in [1.82, 2.24) is 5.32 Å². The van der Waals surface area contributed by atoms with Crippen molar-refractivity contribution in [2.45, 2.75) is 52.5 Å². The molecule has 5 heteroatoms. The van der Waals surface area contributed by atoms with Gasteiger partial charge in [-0.1, -0.05) is 68.2 Å². The van der Waals surface area contributed by atoms with Crippen molar-refractivity contribution in [2.75, 3.05) is 6.54 Å². The summed E-state index contributed by atoms with van der Waals surface area (Å²) in [6.45, 7) is 7.38. The second kappa shape index (κ2) is 11.5. The quantitative estimate of drug-likeness (QED) is 0.622. The standard InChI is InChI=1S/C22H27Cl2NO.H2O/c1-4-16-6-7-18(11-17(16)5-2)15(3)10-21(26)14-25-13-19-8-9-20(23)12-22(19)24;/h6-9,11-12,15,25H,4-5,10,13-14H2,1-3H3;1H2/t15-;/m0./s1. The van der Waals surface area contributed by atoms with Crippen LogP contribution in [0, 0.1) is 0 Å². The fourth-order valence-corrected chi connectivity index (χ4v) is 3.63. The monoisotopic (exact) mass is 409 g/mol. The lowest BCUT2D eigenvalue weighted by molar-refractivity contribution is -0.118. The first-order valence-electron chi connectivity index (χ1n) is 9.22. The van der Waals surface area contributed by atoms with Gasteiger partial charge in [0, 0.05) is 23.0 Å². The molecule has 0 saturated heterocycles. The van der Waals surface area contributed by atoms with Crippen molar-refractivity contribution in [3.8, 4) is 0 Å². The molecule has 0 saturated carbocycles. The van der Waals surface area contributed by atoms with Crippen LogP contribution in [0.2, 0.25) is 10.0 Å². The van der Waals surface area contributed by atoms with Gasteiger partial charge in [0.05, 0.1) is 6.54 Å².